The van der Waals surface area contributed by atoms with Gasteiger partial charge in [-0.05, 0) is 67.5 Å². The number of nitrogens with zero attached hydrogens (tertiary/aromatic N) is 5. The molecule has 2 aliphatic heterocycles. The van der Waals surface area contributed by atoms with Crippen molar-refractivity contribution in [2.24, 2.45) is 0 Å². The minimum atomic E-state index is -5.08. The number of halogens is 7. The lowest BCUT2D eigenvalue weighted by Crippen LogP contribution is -2.40. The van der Waals surface area contributed by atoms with Gasteiger partial charge in [-0.2, -0.15) is 31.3 Å². The number of anilines is 5. The van der Waals surface area contributed by atoms with Crippen LogP contribution in [0.25, 0.3) is 0 Å². The van der Waals surface area contributed by atoms with E-state index in [-0.39, 0.29) is 18.0 Å². The number of alkyl halides is 6. The Kier molecular flexibility index (Phi) is 12.5. The number of pyridine rings is 1. The Balaban J connectivity index is 0.000000367. The number of rotatable bonds is 4. The molecule has 1 aliphatic carbocycles. The van der Waals surface area contributed by atoms with Crippen molar-refractivity contribution in [3.8, 4) is 0 Å². The molecule has 5 heterocycles. The van der Waals surface area contributed by atoms with Crippen molar-refractivity contribution in [1.82, 2.24) is 30.3 Å². The van der Waals surface area contributed by atoms with E-state index in [2.05, 4.69) is 41.4 Å². The molecule has 1 aromatic carbocycles. The highest BCUT2D eigenvalue weighted by Gasteiger charge is 2.39. The highest BCUT2D eigenvalue weighted by atomic mass is 35.5. The van der Waals surface area contributed by atoms with Gasteiger partial charge in [0.25, 0.3) is 5.91 Å². The number of carboxylic acid groups (broad SMARTS) is 2. The third-order valence-electron chi connectivity index (χ3n) is 8.12. The fourth-order valence-corrected chi connectivity index (χ4v) is 5.41. The molecule has 0 radical (unpaired) electrons. The minimum Gasteiger partial charge on any atom is -0.475 e. The highest BCUT2D eigenvalue weighted by Crippen LogP contribution is 2.40. The van der Waals surface area contributed by atoms with Crippen LogP contribution in [0.15, 0.2) is 53.4 Å². The lowest BCUT2D eigenvalue weighted by molar-refractivity contribution is -0.193. The number of urea groups is 1. The first-order valence-electron chi connectivity index (χ1n) is 16.4. The van der Waals surface area contributed by atoms with Crippen LogP contribution in [0.5, 0.6) is 0 Å². The number of hydrogen-bond acceptors (Lipinski definition) is 11. The number of carboxylic acids is 2. The summed E-state index contributed by atoms with van der Waals surface area (Å²) in [6.07, 6.45) is -0.944. The summed E-state index contributed by atoms with van der Waals surface area (Å²) in [4.78, 5) is 58.6. The largest absolute Gasteiger partial charge is 0.490 e. The molecule has 4 aromatic rings. The van der Waals surface area contributed by atoms with Gasteiger partial charge in [0.1, 0.15) is 10.8 Å². The number of carbonyl (C=O) groups excluding carboxylic acids is 2. The summed E-state index contributed by atoms with van der Waals surface area (Å²) in [5.74, 6) is -3.66. The lowest BCUT2D eigenvalue weighted by atomic mass is 10.0. The zero-order valence-electron chi connectivity index (χ0n) is 28.5. The van der Waals surface area contributed by atoms with Gasteiger partial charge >= 0.3 is 30.3 Å². The molecule has 7 rings (SSSR count). The summed E-state index contributed by atoms with van der Waals surface area (Å²) in [7, 11) is 0. The molecule has 0 spiro atoms. The molecule has 3 aromatic heterocycles. The van der Waals surface area contributed by atoms with Gasteiger partial charge in [-0.3, -0.25) is 9.78 Å². The topological polar surface area (TPSA) is 225 Å². The van der Waals surface area contributed by atoms with Crippen LogP contribution in [-0.4, -0.2) is 90.6 Å². The number of nitrogens with one attached hydrogen (secondary N) is 4. The Hall–Kier alpha value is -6.19. The summed E-state index contributed by atoms with van der Waals surface area (Å²) in [5.41, 5.74) is 4.50. The fourth-order valence-electron chi connectivity index (χ4n) is 5.27. The van der Waals surface area contributed by atoms with Crippen LogP contribution in [0.4, 0.5) is 60.0 Å². The standard InChI is InChI=1S/C29H28ClN9O3.2C2HF3O2/c30-22-14-32-28-34-21-9-16(12-31-13-21)1-2-18-10-19(33-26(22)37-28)5-6-23(18)36-29(41)35-20-7-8-39(15-20)27(40)24-11-25(42-38-24)17-3-4-17;2*3-2(4,5)1(6)7/h5-6,9-14,17,20H,1-4,7-8,15H2,(H2,35,36,41)(H2,32,33,34,37);2*(H,6,7)/t20-;;/m0../s1. The molecule has 2 fully saturated rings. The number of aliphatic carboxylic acids is 2. The van der Waals surface area contributed by atoms with Gasteiger partial charge in [-0.1, -0.05) is 16.8 Å². The first-order valence-corrected chi connectivity index (χ1v) is 16.8. The fraction of sp³-hybridized carbons (Fsp3) is 0.333. The molecule has 1 saturated carbocycles. The van der Waals surface area contributed by atoms with Gasteiger partial charge in [-0.25, -0.2) is 19.4 Å². The van der Waals surface area contributed by atoms with E-state index in [0.717, 1.165) is 41.1 Å². The van der Waals surface area contributed by atoms with E-state index in [9.17, 15) is 35.9 Å². The van der Waals surface area contributed by atoms with Gasteiger partial charge in [0.15, 0.2) is 11.5 Å². The molecular weight excluding hydrogens is 784 g/mol. The number of carbonyl (C=O) groups is 4. The second-order valence-electron chi connectivity index (χ2n) is 12.4. The summed E-state index contributed by atoms with van der Waals surface area (Å²) in [6, 6.07) is 8.92. The minimum absolute atomic E-state index is 0.172. The number of hydrogen-bond donors (Lipinski definition) is 6. The van der Waals surface area contributed by atoms with Crippen molar-refractivity contribution in [1.29, 1.82) is 0 Å². The van der Waals surface area contributed by atoms with Gasteiger partial charge < -0.3 is 40.9 Å². The molecule has 23 heteroatoms. The van der Waals surface area contributed by atoms with Crippen LogP contribution in [0.3, 0.4) is 0 Å². The van der Waals surface area contributed by atoms with Crippen LogP contribution in [0.2, 0.25) is 5.02 Å². The SMILES string of the molecule is O=C(Nc1ccc2cc1CCc1cncc(c1)Nc1ncc(Cl)c(n1)N2)N[C@H]1CCN(C(=O)c2cc(C3CC3)on2)C1.O=C(O)C(F)(F)F.O=C(O)C(F)(F)F. The first kappa shape index (κ1) is 41.0. The van der Waals surface area contributed by atoms with Gasteiger partial charge in [0.05, 0.1) is 18.1 Å². The number of amides is 3. The number of likely N-dealkylation sites (tertiary alicyclic amines) is 1. The van der Waals surface area contributed by atoms with Crippen LogP contribution in [-0.2, 0) is 22.4 Å². The molecule has 56 heavy (non-hydrogen) atoms. The number of fused-ring (bicyclic) bond motifs is 6. The normalized spacial score (nSPS) is 16.1. The van der Waals surface area contributed by atoms with Crippen LogP contribution >= 0.6 is 11.6 Å². The average molecular weight is 814 g/mol. The number of aromatic nitrogens is 4. The van der Waals surface area contributed by atoms with Crippen molar-refractivity contribution < 1.29 is 60.3 Å². The predicted octanol–water partition coefficient (Wildman–Crippen LogP) is 6.28. The zero-order chi connectivity index (χ0) is 40.8. The Labute approximate surface area is 316 Å². The van der Waals surface area contributed by atoms with Crippen molar-refractivity contribution in [3.63, 3.8) is 0 Å². The Morgan fingerprint density at radius 2 is 1.59 bits per heavy atom. The summed E-state index contributed by atoms with van der Waals surface area (Å²) < 4.78 is 68.8. The van der Waals surface area contributed by atoms with E-state index in [0.29, 0.717) is 66.4 Å². The molecule has 3 amide bonds. The van der Waals surface area contributed by atoms with Crippen molar-refractivity contribution >= 4 is 64.3 Å². The molecule has 0 unspecified atom stereocenters. The van der Waals surface area contributed by atoms with E-state index >= 15 is 0 Å². The molecule has 3 aliphatic rings. The lowest BCUT2D eigenvalue weighted by Gasteiger charge is -2.18. The van der Waals surface area contributed by atoms with Crippen LogP contribution in [0.1, 0.15) is 52.6 Å². The van der Waals surface area contributed by atoms with Crippen molar-refractivity contribution in [2.45, 2.75) is 56.4 Å². The summed E-state index contributed by atoms with van der Waals surface area (Å²) >= 11 is 6.37. The van der Waals surface area contributed by atoms with Gasteiger partial charge in [0, 0.05) is 48.7 Å². The molecule has 1 atom stereocenters. The van der Waals surface area contributed by atoms with Gasteiger partial charge in [0.2, 0.25) is 5.95 Å². The van der Waals surface area contributed by atoms with E-state index in [1.807, 2.05) is 30.5 Å². The van der Waals surface area contributed by atoms with E-state index in [1.54, 1.807) is 17.2 Å². The Morgan fingerprint density at radius 3 is 2.25 bits per heavy atom. The predicted molar refractivity (Wildman–Crippen MR) is 184 cm³/mol. The maximum absolute atomic E-state index is 13.1. The third-order valence-corrected chi connectivity index (χ3v) is 8.39. The summed E-state index contributed by atoms with van der Waals surface area (Å²) in [5, 5.41) is 31.1. The maximum Gasteiger partial charge on any atom is 0.490 e. The quantitative estimate of drug-likeness (QED) is 0.125. The van der Waals surface area contributed by atoms with Crippen molar-refractivity contribution in [2.75, 3.05) is 29.0 Å². The Bertz CT molecular complexity index is 2070. The van der Waals surface area contributed by atoms with E-state index in [1.165, 1.54) is 6.20 Å². The molecule has 6 N–H and O–H groups in total. The van der Waals surface area contributed by atoms with E-state index in [4.69, 9.17) is 35.9 Å². The van der Waals surface area contributed by atoms with E-state index < -0.39 is 24.3 Å². The van der Waals surface area contributed by atoms with Gasteiger partial charge in [-0.15, -0.1) is 0 Å². The average Bonchev–Trinajstić information content (AvgIpc) is 3.66. The monoisotopic (exact) mass is 813 g/mol. The summed E-state index contributed by atoms with van der Waals surface area (Å²) in [6.45, 7) is 0.947. The molecular formula is C33H30ClF6N9O7. The van der Waals surface area contributed by atoms with Crippen molar-refractivity contribution in [3.05, 3.63) is 76.5 Å². The highest BCUT2D eigenvalue weighted by molar-refractivity contribution is 6.32. The first-order chi connectivity index (χ1) is 26.3. The second-order valence-corrected chi connectivity index (χ2v) is 12.8. The zero-order valence-corrected chi connectivity index (χ0v) is 29.3. The maximum atomic E-state index is 13.1. The molecule has 16 nitrogen and oxygen atoms in total. The third kappa shape index (κ3) is 11.4. The molecule has 298 valence electrons. The Morgan fingerprint density at radius 1 is 0.893 bits per heavy atom. The second kappa shape index (κ2) is 17.1. The molecule has 1 saturated heterocycles. The number of aryl methyl sites for hydroxylation is 2. The smallest absolute Gasteiger partial charge is 0.475 e. The van der Waals surface area contributed by atoms with Crippen LogP contribution < -0.4 is 21.3 Å². The molecule has 6 bridgehead atoms. The number of benzene rings is 1. The van der Waals surface area contributed by atoms with Crippen LogP contribution in [0, 0.1) is 0 Å².